The maximum Gasteiger partial charge on any atom is 0.240 e. The summed E-state index contributed by atoms with van der Waals surface area (Å²) in [5, 5.41) is 13.5. The van der Waals surface area contributed by atoms with Crippen LogP contribution in [0.15, 0.2) is 34.1 Å². The lowest BCUT2D eigenvalue weighted by atomic mass is 10.4. The first kappa shape index (κ1) is 18.0. The fourth-order valence-corrected chi connectivity index (χ4v) is 3.20. The molecule has 0 radical (unpaired) electrons. The smallest absolute Gasteiger partial charge is 0.240 e. The number of sulfonamides is 2. The van der Waals surface area contributed by atoms with Crippen LogP contribution in [0.2, 0.25) is 0 Å². The van der Waals surface area contributed by atoms with Crippen molar-refractivity contribution in [3.05, 3.63) is 24.3 Å². The lowest BCUT2D eigenvalue weighted by Gasteiger charge is -2.08. The highest BCUT2D eigenvalue weighted by atomic mass is 32.2. The van der Waals surface area contributed by atoms with Gasteiger partial charge in [-0.15, -0.1) is 0 Å². The van der Waals surface area contributed by atoms with Crippen LogP contribution in [-0.4, -0.2) is 48.3 Å². The normalized spacial score (nSPS) is 12.5. The molecule has 0 bridgehead atoms. The van der Waals surface area contributed by atoms with E-state index in [-0.39, 0.29) is 29.5 Å². The van der Waals surface area contributed by atoms with E-state index in [0.29, 0.717) is 13.0 Å². The van der Waals surface area contributed by atoms with Crippen LogP contribution in [0.5, 0.6) is 0 Å². The standard InChI is InChI=1S/C11H18N2O6S2/c12-20(15,16)10-3-1-4-11(9-10)21(17,18)13-5-2-7-19-8-6-14/h1,3-4,9,13-14H,2,5-8H2,(H2,12,15,16). The second kappa shape index (κ2) is 7.82. The summed E-state index contributed by atoms with van der Waals surface area (Å²) < 4.78 is 53.7. The Labute approximate surface area is 124 Å². The summed E-state index contributed by atoms with van der Waals surface area (Å²) in [5.74, 6) is 0. The van der Waals surface area contributed by atoms with Gasteiger partial charge in [0.2, 0.25) is 20.0 Å². The van der Waals surface area contributed by atoms with E-state index in [1.54, 1.807) is 0 Å². The Balaban J connectivity index is 2.67. The van der Waals surface area contributed by atoms with Gasteiger partial charge in [0.15, 0.2) is 0 Å². The van der Waals surface area contributed by atoms with Crippen LogP contribution in [0.1, 0.15) is 6.42 Å². The van der Waals surface area contributed by atoms with Crippen LogP contribution in [0.25, 0.3) is 0 Å². The van der Waals surface area contributed by atoms with Crippen molar-refractivity contribution in [2.45, 2.75) is 16.2 Å². The summed E-state index contributed by atoms with van der Waals surface area (Å²) in [6.07, 6.45) is 0.425. The number of ether oxygens (including phenoxy) is 1. The van der Waals surface area contributed by atoms with E-state index in [1.165, 1.54) is 18.2 Å². The Bertz CT molecular complexity index is 657. The lowest BCUT2D eigenvalue weighted by Crippen LogP contribution is -2.26. The number of aliphatic hydroxyl groups is 1. The number of nitrogens with two attached hydrogens (primary N) is 1. The molecule has 1 aromatic carbocycles. The Kier molecular flexibility index (Phi) is 6.71. The second-order valence-corrected chi connectivity index (χ2v) is 7.44. The summed E-state index contributed by atoms with van der Waals surface area (Å²) in [4.78, 5) is -0.443. The first-order valence-electron chi connectivity index (χ1n) is 6.08. The summed E-state index contributed by atoms with van der Waals surface area (Å²) in [6, 6.07) is 4.80. The van der Waals surface area contributed by atoms with E-state index >= 15 is 0 Å². The van der Waals surface area contributed by atoms with Crippen molar-refractivity contribution in [1.29, 1.82) is 0 Å². The van der Waals surface area contributed by atoms with Gasteiger partial charge < -0.3 is 9.84 Å². The predicted molar refractivity (Wildman–Crippen MR) is 75.5 cm³/mol. The number of rotatable bonds is 9. The maximum atomic E-state index is 12.0. The molecule has 10 heteroatoms. The molecular weight excluding hydrogens is 320 g/mol. The molecule has 120 valence electrons. The van der Waals surface area contributed by atoms with Crippen molar-refractivity contribution in [2.24, 2.45) is 5.14 Å². The molecule has 0 spiro atoms. The molecule has 0 heterocycles. The number of nitrogens with one attached hydrogen (secondary N) is 1. The van der Waals surface area contributed by atoms with Crippen LogP contribution in [0, 0.1) is 0 Å². The summed E-state index contributed by atoms with van der Waals surface area (Å²) in [5.41, 5.74) is 0. The highest BCUT2D eigenvalue weighted by Gasteiger charge is 2.16. The van der Waals surface area contributed by atoms with Crippen molar-refractivity contribution < 1.29 is 26.7 Å². The number of hydrogen-bond acceptors (Lipinski definition) is 6. The number of primary sulfonamides is 1. The Morgan fingerprint density at radius 2 is 1.81 bits per heavy atom. The summed E-state index contributed by atoms with van der Waals surface area (Å²) >= 11 is 0. The largest absolute Gasteiger partial charge is 0.394 e. The zero-order chi connectivity index (χ0) is 15.9. The lowest BCUT2D eigenvalue weighted by molar-refractivity contribution is 0.0913. The third kappa shape index (κ3) is 6.08. The first-order valence-corrected chi connectivity index (χ1v) is 9.11. The Morgan fingerprint density at radius 3 is 2.43 bits per heavy atom. The van der Waals surface area contributed by atoms with Gasteiger partial charge in [-0.2, -0.15) is 0 Å². The van der Waals surface area contributed by atoms with Gasteiger partial charge in [0.25, 0.3) is 0 Å². The van der Waals surface area contributed by atoms with Gasteiger partial charge in [0.05, 0.1) is 23.0 Å². The molecule has 8 nitrogen and oxygen atoms in total. The fourth-order valence-electron chi connectivity index (χ4n) is 1.45. The molecule has 0 atom stereocenters. The number of benzene rings is 1. The van der Waals surface area contributed by atoms with Gasteiger partial charge in [-0.05, 0) is 24.6 Å². The SMILES string of the molecule is NS(=O)(=O)c1cccc(S(=O)(=O)NCCCOCCO)c1. The molecule has 0 amide bonds. The second-order valence-electron chi connectivity index (χ2n) is 4.11. The van der Waals surface area contributed by atoms with Crippen molar-refractivity contribution in [1.82, 2.24) is 4.72 Å². The Hall–Kier alpha value is -1.04. The molecule has 1 aromatic rings. The zero-order valence-corrected chi connectivity index (χ0v) is 12.9. The summed E-state index contributed by atoms with van der Waals surface area (Å²) in [7, 11) is -7.77. The van der Waals surface area contributed by atoms with Gasteiger partial charge in [-0.3, -0.25) is 0 Å². The third-order valence-electron chi connectivity index (χ3n) is 2.44. The van der Waals surface area contributed by atoms with Gasteiger partial charge >= 0.3 is 0 Å². The molecule has 21 heavy (non-hydrogen) atoms. The van der Waals surface area contributed by atoms with E-state index < -0.39 is 20.0 Å². The van der Waals surface area contributed by atoms with E-state index in [0.717, 1.165) is 6.07 Å². The maximum absolute atomic E-state index is 12.0. The minimum Gasteiger partial charge on any atom is -0.394 e. The monoisotopic (exact) mass is 338 g/mol. The quantitative estimate of drug-likeness (QED) is 0.495. The van der Waals surface area contributed by atoms with Crippen LogP contribution >= 0.6 is 0 Å². The molecule has 0 fully saturated rings. The van der Waals surface area contributed by atoms with Crippen LogP contribution in [0.3, 0.4) is 0 Å². The molecule has 0 unspecified atom stereocenters. The predicted octanol–water partition coefficient (Wildman–Crippen LogP) is -0.989. The van der Waals surface area contributed by atoms with E-state index in [1.807, 2.05) is 0 Å². The molecule has 0 aliphatic rings. The number of hydrogen-bond donors (Lipinski definition) is 3. The van der Waals surface area contributed by atoms with Crippen molar-refractivity contribution >= 4 is 20.0 Å². The third-order valence-corrected chi connectivity index (χ3v) is 4.81. The van der Waals surface area contributed by atoms with Crippen molar-refractivity contribution in [2.75, 3.05) is 26.4 Å². The molecule has 0 saturated heterocycles. The molecule has 0 aliphatic carbocycles. The van der Waals surface area contributed by atoms with Gasteiger partial charge in [0, 0.05) is 13.2 Å². The first-order chi connectivity index (χ1) is 9.77. The average Bonchev–Trinajstić information content (AvgIpc) is 2.42. The molecule has 4 N–H and O–H groups in total. The van der Waals surface area contributed by atoms with Crippen molar-refractivity contribution in [3.63, 3.8) is 0 Å². The van der Waals surface area contributed by atoms with E-state index in [9.17, 15) is 16.8 Å². The number of aliphatic hydroxyl groups excluding tert-OH is 1. The topological polar surface area (TPSA) is 136 Å². The van der Waals surface area contributed by atoms with Gasteiger partial charge in [-0.1, -0.05) is 6.07 Å². The minimum atomic E-state index is -3.96. The van der Waals surface area contributed by atoms with Gasteiger partial charge in [0.1, 0.15) is 0 Å². The average molecular weight is 338 g/mol. The molecule has 0 aliphatic heterocycles. The Morgan fingerprint density at radius 1 is 1.14 bits per heavy atom. The highest BCUT2D eigenvalue weighted by Crippen LogP contribution is 2.14. The molecular formula is C11H18N2O6S2. The molecule has 0 saturated carbocycles. The van der Waals surface area contributed by atoms with Crippen molar-refractivity contribution in [3.8, 4) is 0 Å². The van der Waals surface area contributed by atoms with Crippen LogP contribution in [0.4, 0.5) is 0 Å². The van der Waals surface area contributed by atoms with Gasteiger partial charge in [-0.25, -0.2) is 26.7 Å². The molecule has 0 aromatic heterocycles. The van der Waals surface area contributed by atoms with E-state index in [2.05, 4.69) is 4.72 Å². The zero-order valence-electron chi connectivity index (χ0n) is 11.2. The minimum absolute atomic E-state index is 0.0912. The van der Waals surface area contributed by atoms with Crippen LogP contribution in [-0.2, 0) is 24.8 Å². The fraction of sp³-hybridized carbons (Fsp3) is 0.455. The van der Waals surface area contributed by atoms with Crippen LogP contribution < -0.4 is 9.86 Å². The van der Waals surface area contributed by atoms with E-state index in [4.69, 9.17) is 15.0 Å². The highest BCUT2D eigenvalue weighted by molar-refractivity contribution is 7.90. The summed E-state index contributed by atoms with van der Waals surface area (Å²) in [6.45, 7) is 0.545. The molecule has 1 rings (SSSR count).